The minimum atomic E-state index is -0.0241. The quantitative estimate of drug-likeness (QED) is 0.0718. The van der Waals surface area contributed by atoms with Gasteiger partial charge < -0.3 is 0 Å². The van der Waals surface area contributed by atoms with Crippen LogP contribution in [0.15, 0.2) is 127 Å². The fourth-order valence-corrected chi connectivity index (χ4v) is 13.7. The zero-order chi connectivity index (χ0) is 48.5. The van der Waals surface area contributed by atoms with Crippen molar-refractivity contribution in [1.29, 1.82) is 0 Å². The molecule has 6 aromatic carbocycles. The highest BCUT2D eigenvalue weighted by molar-refractivity contribution is 5.88. The Morgan fingerprint density at radius 3 is 1.03 bits per heavy atom. The van der Waals surface area contributed by atoms with Gasteiger partial charge in [0, 0.05) is 32.9 Å². The number of nitrogens with zero attached hydrogens (tertiary/aromatic N) is 2. The summed E-state index contributed by atoms with van der Waals surface area (Å²) in [6.07, 6.45) is 21.4. The van der Waals surface area contributed by atoms with Crippen LogP contribution in [-0.4, -0.2) is 9.97 Å². The van der Waals surface area contributed by atoms with Crippen molar-refractivity contribution in [3.63, 3.8) is 0 Å². The molecule has 1 aromatic heterocycles. The highest BCUT2D eigenvalue weighted by Crippen LogP contribution is 2.58. The minimum absolute atomic E-state index is 0.00437. The van der Waals surface area contributed by atoms with Crippen molar-refractivity contribution in [2.75, 3.05) is 0 Å². The average molecular weight is 923 g/mol. The molecule has 0 saturated heterocycles. The molecular weight excluding hydrogens is 845 g/mol. The van der Waals surface area contributed by atoms with Gasteiger partial charge in [-0.25, -0.2) is 9.97 Å². The van der Waals surface area contributed by atoms with Crippen molar-refractivity contribution < 1.29 is 0 Å². The molecule has 0 spiro atoms. The SMILES string of the molecule is CCCCC1(CCCC)c2ccccc2-c2ccc(-c3cc(-c4ccc5c(c4)C(CCCC)(CCCC)c4ccccc4-5)nc(-c4ccc5c(c4)C(CCCC)(CCCC)c4cc(C)ccc4-5)n3)cc21. The van der Waals surface area contributed by atoms with Crippen LogP contribution in [0.3, 0.4) is 0 Å². The maximum absolute atomic E-state index is 5.71. The van der Waals surface area contributed by atoms with Crippen molar-refractivity contribution in [2.24, 2.45) is 0 Å². The number of rotatable bonds is 21. The van der Waals surface area contributed by atoms with Gasteiger partial charge in [-0.1, -0.05) is 227 Å². The molecular formula is C68H78N2. The van der Waals surface area contributed by atoms with Gasteiger partial charge >= 0.3 is 0 Å². The van der Waals surface area contributed by atoms with Gasteiger partial charge in [-0.2, -0.15) is 0 Å². The van der Waals surface area contributed by atoms with Crippen LogP contribution in [0.1, 0.15) is 196 Å². The molecule has 3 aliphatic carbocycles. The lowest BCUT2D eigenvalue weighted by Gasteiger charge is -2.33. The topological polar surface area (TPSA) is 25.8 Å². The van der Waals surface area contributed by atoms with Crippen LogP contribution < -0.4 is 0 Å². The number of benzene rings is 6. The summed E-state index contributed by atoms with van der Waals surface area (Å²) in [6.45, 7) is 16.4. The molecule has 0 bridgehead atoms. The number of hydrogen-bond acceptors (Lipinski definition) is 2. The van der Waals surface area contributed by atoms with Crippen molar-refractivity contribution in [1.82, 2.24) is 9.97 Å². The molecule has 3 aliphatic rings. The molecule has 1 heterocycles. The summed E-state index contributed by atoms with van der Waals surface area (Å²) in [5.41, 5.74) is 24.3. The van der Waals surface area contributed by atoms with Crippen LogP contribution in [-0.2, 0) is 16.2 Å². The molecule has 2 heteroatoms. The predicted octanol–water partition coefficient (Wildman–Crippen LogP) is 19.7. The Bertz CT molecular complexity index is 2840. The second kappa shape index (κ2) is 20.3. The van der Waals surface area contributed by atoms with Gasteiger partial charge in [-0.15, -0.1) is 0 Å². The molecule has 0 amide bonds. The first-order chi connectivity index (χ1) is 34.3. The highest BCUT2D eigenvalue weighted by Gasteiger charge is 2.45. The van der Waals surface area contributed by atoms with E-state index in [0.29, 0.717) is 0 Å². The lowest BCUT2D eigenvalue weighted by Crippen LogP contribution is -2.25. The summed E-state index contributed by atoms with van der Waals surface area (Å²) in [5.74, 6) is 0.821. The van der Waals surface area contributed by atoms with E-state index in [9.17, 15) is 0 Å². The molecule has 360 valence electrons. The first-order valence-corrected chi connectivity index (χ1v) is 27.9. The number of hydrogen-bond donors (Lipinski definition) is 0. The predicted molar refractivity (Wildman–Crippen MR) is 299 cm³/mol. The van der Waals surface area contributed by atoms with Gasteiger partial charge in [0.2, 0.25) is 0 Å². The Hall–Kier alpha value is -5.60. The van der Waals surface area contributed by atoms with Gasteiger partial charge in [0.1, 0.15) is 0 Å². The summed E-state index contributed by atoms with van der Waals surface area (Å²) in [5, 5.41) is 0. The fraction of sp³-hybridized carbons (Fsp3) is 0.412. The van der Waals surface area contributed by atoms with E-state index in [0.717, 1.165) is 35.6 Å². The Balaban J connectivity index is 1.19. The van der Waals surface area contributed by atoms with Crippen LogP contribution in [0.5, 0.6) is 0 Å². The van der Waals surface area contributed by atoms with Crippen molar-refractivity contribution in [2.45, 2.75) is 180 Å². The van der Waals surface area contributed by atoms with E-state index in [1.54, 1.807) is 0 Å². The Kier molecular flexibility index (Phi) is 13.9. The average Bonchev–Trinajstić information content (AvgIpc) is 3.95. The third-order valence-electron chi connectivity index (χ3n) is 17.4. The van der Waals surface area contributed by atoms with Gasteiger partial charge in [0.25, 0.3) is 0 Å². The van der Waals surface area contributed by atoms with Crippen molar-refractivity contribution in [3.05, 3.63) is 166 Å². The second-order valence-electron chi connectivity index (χ2n) is 21.8. The van der Waals surface area contributed by atoms with E-state index in [1.165, 1.54) is 186 Å². The smallest absolute Gasteiger partial charge is 0.160 e. The normalized spacial score (nSPS) is 15.0. The van der Waals surface area contributed by atoms with Crippen LogP contribution in [0.2, 0.25) is 0 Å². The van der Waals surface area contributed by atoms with Gasteiger partial charge in [0.15, 0.2) is 5.82 Å². The Morgan fingerprint density at radius 1 is 0.314 bits per heavy atom. The van der Waals surface area contributed by atoms with Crippen molar-refractivity contribution >= 4 is 0 Å². The van der Waals surface area contributed by atoms with E-state index >= 15 is 0 Å². The molecule has 10 rings (SSSR count). The van der Waals surface area contributed by atoms with E-state index in [4.69, 9.17) is 9.97 Å². The van der Waals surface area contributed by atoms with E-state index < -0.39 is 0 Å². The monoisotopic (exact) mass is 923 g/mol. The zero-order valence-electron chi connectivity index (χ0n) is 43.7. The molecule has 2 nitrogen and oxygen atoms in total. The molecule has 0 N–H and O–H groups in total. The minimum Gasteiger partial charge on any atom is -0.228 e. The third kappa shape index (κ3) is 8.10. The second-order valence-corrected chi connectivity index (χ2v) is 21.8. The summed E-state index contributed by atoms with van der Waals surface area (Å²) in [7, 11) is 0. The van der Waals surface area contributed by atoms with Gasteiger partial charge in [-0.05, 0) is 136 Å². The fourth-order valence-electron chi connectivity index (χ4n) is 13.7. The number of fused-ring (bicyclic) bond motifs is 9. The molecule has 0 unspecified atom stereocenters. The lowest BCUT2D eigenvalue weighted by atomic mass is 9.70. The third-order valence-corrected chi connectivity index (χ3v) is 17.4. The standard InChI is InChI=1S/C68H78N2/c1-8-14-36-66(37-15-9-2)57-26-22-20-24-51(57)54-33-29-48(43-60(54)66)63-46-64(49-30-34-55-52-25-21-23-27-58(52)67(38-16-10-3,39-17-11-4)61(55)44-49)70-65(69-63)50-31-35-56-53-32-28-47(7)42-59(53)68(40-18-12-5,41-19-13-6)62(56)45-50/h20-35,42-46H,8-19,36-41H2,1-7H3. The highest BCUT2D eigenvalue weighted by atomic mass is 14.9. The van der Waals surface area contributed by atoms with Gasteiger partial charge in [0.05, 0.1) is 11.4 Å². The molecule has 7 aromatic rings. The summed E-state index contributed by atoms with van der Waals surface area (Å²) < 4.78 is 0. The maximum Gasteiger partial charge on any atom is 0.160 e. The zero-order valence-corrected chi connectivity index (χ0v) is 43.7. The van der Waals surface area contributed by atoms with E-state index in [-0.39, 0.29) is 16.2 Å². The van der Waals surface area contributed by atoms with Crippen LogP contribution in [0.25, 0.3) is 67.3 Å². The largest absolute Gasteiger partial charge is 0.228 e. The Morgan fingerprint density at radius 2 is 0.629 bits per heavy atom. The molecule has 0 fully saturated rings. The van der Waals surface area contributed by atoms with Gasteiger partial charge in [-0.3, -0.25) is 0 Å². The molecule has 70 heavy (non-hydrogen) atoms. The maximum atomic E-state index is 5.71. The van der Waals surface area contributed by atoms with Crippen molar-refractivity contribution in [3.8, 4) is 67.3 Å². The lowest BCUT2D eigenvalue weighted by molar-refractivity contribution is 0.414. The van der Waals surface area contributed by atoms with Crippen LogP contribution >= 0.6 is 0 Å². The van der Waals surface area contributed by atoms with E-state index in [2.05, 4.69) is 176 Å². The van der Waals surface area contributed by atoms with Crippen LogP contribution in [0.4, 0.5) is 0 Å². The Labute approximate surface area is 421 Å². The molecule has 0 radical (unpaired) electrons. The summed E-state index contributed by atoms with van der Waals surface area (Å²) in [6, 6.07) is 50.1. The molecule has 0 atom stereocenters. The number of unbranched alkanes of at least 4 members (excludes halogenated alkanes) is 6. The number of aryl methyl sites for hydroxylation is 1. The summed E-state index contributed by atoms with van der Waals surface area (Å²) in [4.78, 5) is 11.4. The van der Waals surface area contributed by atoms with Crippen LogP contribution in [0, 0.1) is 6.92 Å². The molecule has 0 saturated carbocycles. The number of aromatic nitrogens is 2. The molecule has 0 aliphatic heterocycles. The summed E-state index contributed by atoms with van der Waals surface area (Å²) >= 11 is 0. The first-order valence-electron chi connectivity index (χ1n) is 27.9. The first kappa shape index (κ1) is 48.0. The van der Waals surface area contributed by atoms with E-state index in [1.807, 2.05) is 0 Å².